The van der Waals surface area contributed by atoms with Crippen LogP contribution in [0.5, 0.6) is 0 Å². The standard InChI is InChI=1S/C10H9.C5H5.Fe/c1-3-6-9(2)10-7-4-5-8-10;1-2-4-5-3-1;/h1,4-8H,2H3;1-5H;/q;;+2/b9-6+;;. The Morgan fingerprint density at radius 1 is 1.00 bits per heavy atom. The molecule has 0 unspecified atom stereocenters. The summed E-state index contributed by atoms with van der Waals surface area (Å²) < 4.78 is 0. The Balaban J connectivity index is 0.000000318. The molecule has 0 bridgehead atoms. The summed E-state index contributed by atoms with van der Waals surface area (Å²) in [6.45, 7) is 2.01. The molecule has 2 rings (SSSR count). The van der Waals surface area contributed by atoms with Gasteiger partial charge in [0.2, 0.25) is 0 Å². The Kier molecular flexibility index (Phi) is 9.89. The Morgan fingerprint density at radius 2 is 1.44 bits per heavy atom. The minimum Gasteiger partial charge on any atom is -0.115 e. The van der Waals surface area contributed by atoms with Crippen LogP contribution in [-0.2, 0) is 17.1 Å². The fraction of sp³-hybridized carbons (Fsp3) is 0.0667. The number of rotatable bonds is 1. The fourth-order valence-corrected chi connectivity index (χ4v) is 1.17. The smallest absolute Gasteiger partial charge is 0.115 e. The Bertz CT molecular complexity index is 217. The van der Waals surface area contributed by atoms with Crippen LogP contribution in [-0.4, -0.2) is 0 Å². The van der Waals surface area contributed by atoms with E-state index in [4.69, 9.17) is 6.42 Å². The van der Waals surface area contributed by atoms with Gasteiger partial charge < -0.3 is 0 Å². The zero-order chi connectivity index (χ0) is 10.9. The van der Waals surface area contributed by atoms with Crippen molar-refractivity contribution in [2.45, 2.75) is 6.92 Å². The quantitative estimate of drug-likeness (QED) is 0.495. The van der Waals surface area contributed by atoms with Crippen molar-refractivity contribution < 1.29 is 17.1 Å². The number of hydrogen-bond donors (Lipinski definition) is 0. The van der Waals surface area contributed by atoms with E-state index in [1.165, 1.54) is 5.92 Å². The second-order valence-corrected chi connectivity index (χ2v) is 3.13. The van der Waals surface area contributed by atoms with Gasteiger partial charge in [0.1, 0.15) is 0 Å². The van der Waals surface area contributed by atoms with Crippen LogP contribution in [0, 0.1) is 76.0 Å². The topological polar surface area (TPSA) is 0 Å². The monoisotopic (exact) mass is 250 g/mol. The minimum absolute atomic E-state index is 0. The van der Waals surface area contributed by atoms with Gasteiger partial charge in [0.25, 0.3) is 0 Å². The van der Waals surface area contributed by atoms with Gasteiger partial charge >= 0.3 is 17.1 Å². The summed E-state index contributed by atoms with van der Waals surface area (Å²) in [7, 11) is 0. The van der Waals surface area contributed by atoms with E-state index in [1.807, 2.05) is 64.7 Å². The Morgan fingerprint density at radius 3 is 1.81 bits per heavy atom. The molecule has 1 heteroatoms. The molecule has 0 nitrogen and oxygen atoms in total. The Labute approximate surface area is 112 Å². The molecule has 0 atom stereocenters. The molecule has 2 aliphatic rings. The number of allylic oxidation sites excluding steroid dienone is 2. The third-order valence-corrected chi connectivity index (χ3v) is 1.97. The predicted molar refractivity (Wildman–Crippen MR) is 64.5 cm³/mol. The molecule has 0 aliphatic heterocycles. The van der Waals surface area contributed by atoms with E-state index in [0.717, 1.165) is 5.57 Å². The first-order valence-corrected chi connectivity index (χ1v) is 4.86. The molecule has 0 heterocycles. The summed E-state index contributed by atoms with van der Waals surface area (Å²) in [6, 6.07) is 0. The SMILES string of the molecule is C#C/C=C(\C)[C]1[CH][CH][CH][CH]1.[CH]1[CH][CH][CH][CH]1.[Fe+2]. The zero-order valence-corrected chi connectivity index (χ0v) is 10.3. The van der Waals surface area contributed by atoms with E-state index in [0.29, 0.717) is 0 Å². The summed E-state index contributed by atoms with van der Waals surface area (Å²) in [5.74, 6) is 3.70. The van der Waals surface area contributed by atoms with Gasteiger partial charge in [0.05, 0.1) is 0 Å². The van der Waals surface area contributed by atoms with Crippen LogP contribution in [0.15, 0.2) is 11.6 Å². The van der Waals surface area contributed by atoms with E-state index in [9.17, 15) is 0 Å². The molecule has 2 aliphatic carbocycles. The molecule has 80 valence electrons. The summed E-state index contributed by atoms with van der Waals surface area (Å²) in [4.78, 5) is 0. The molecule has 0 saturated heterocycles. The van der Waals surface area contributed by atoms with Crippen molar-refractivity contribution in [3.05, 3.63) is 75.4 Å². The van der Waals surface area contributed by atoms with Gasteiger partial charge in [-0.3, -0.25) is 0 Å². The van der Waals surface area contributed by atoms with Crippen molar-refractivity contribution in [2.75, 3.05) is 0 Å². The van der Waals surface area contributed by atoms with Gasteiger partial charge in [0.15, 0.2) is 0 Å². The molecule has 0 aromatic carbocycles. The Hall–Kier alpha value is -0.181. The average Bonchev–Trinajstić information content (AvgIpc) is 2.95. The zero-order valence-electron chi connectivity index (χ0n) is 9.20. The van der Waals surface area contributed by atoms with Gasteiger partial charge in [-0.15, -0.1) is 6.42 Å². The van der Waals surface area contributed by atoms with Crippen LogP contribution in [0.3, 0.4) is 0 Å². The van der Waals surface area contributed by atoms with E-state index < -0.39 is 0 Å². The second-order valence-electron chi connectivity index (χ2n) is 3.13. The maximum atomic E-state index is 5.11. The van der Waals surface area contributed by atoms with Gasteiger partial charge in [-0.25, -0.2) is 0 Å². The van der Waals surface area contributed by atoms with E-state index >= 15 is 0 Å². The summed E-state index contributed by atoms with van der Waals surface area (Å²) in [5.41, 5.74) is 1.15. The largest absolute Gasteiger partial charge is 2.00 e. The minimum atomic E-state index is 0. The first-order chi connectivity index (χ1) is 7.34. The van der Waals surface area contributed by atoms with Crippen LogP contribution in [0.25, 0.3) is 0 Å². The van der Waals surface area contributed by atoms with Crippen molar-refractivity contribution in [1.29, 1.82) is 0 Å². The van der Waals surface area contributed by atoms with E-state index in [2.05, 4.69) is 5.92 Å². The van der Waals surface area contributed by atoms with Crippen LogP contribution < -0.4 is 0 Å². The van der Waals surface area contributed by atoms with Gasteiger partial charge in [-0.2, -0.15) is 0 Å². The molecule has 0 amide bonds. The van der Waals surface area contributed by atoms with Crippen LogP contribution in [0.2, 0.25) is 0 Å². The maximum Gasteiger partial charge on any atom is 2.00 e. The van der Waals surface area contributed by atoms with Crippen LogP contribution in [0.4, 0.5) is 0 Å². The molecular formula is C15H14Fe+2. The van der Waals surface area contributed by atoms with Crippen molar-refractivity contribution in [2.24, 2.45) is 0 Å². The molecule has 2 saturated carbocycles. The summed E-state index contributed by atoms with van der Waals surface area (Å²) in [5, 5.41) is 0. The van der Waals surface area contributed by atoms with Crippen LogP contribution >= 0.6 is 0 Å². The van der Waals surface area contributed by atoms with Crippen molar-refractivity contribution >= 4 is 0 Å². The average molecular weight is 250 g/mol. The molecule has 0 spiro atoms. The molecule has 0 aromatic heterocycles. The van der Waals surface area contributed by atoms with Crippen molar-refractivity contribution in [3.8, 4) is 12.3 Å². The predicted octanol–water partition coefficient (Wildman–Crippen LogP) is 2.99. The van der Waals surface area contributed by atoms with Crippen molar-refractivity contribution in [1.82, 2.24) is 0 Å². The first kappa shape index (κ1) is 15.8. The molecular weight excluding hydrogens is 236 g/mol. The molecule has 10 radical (unpaired) electrons. The van der Waals surface area contributed by atoms with Gasteiger partial charge in [-0.1, -0.05) is 11.5 Å². The van der Waals surface area contributed by atoms with Crippen LogP contribution in [0.1, 0.15) is 6.92 Å². The fourth-order valence-electron chi connectivity index (χ4n) is 1.17. The van der Waals surface area contributed by atoms with Gasteiger partial charge in [0, 0.05) is 5.92 Å². The summed E-state index contributed by atoms with van der Waals surface area (Å²) in [6.07, 6.45) is 25.0. The molecule has 0 N–H and O–H groups in total. The first-order valence-electron chi connectivity index (χ1n) is 4.86. The summed E-state index contributed by atoms with van der Waals surface area (Å²) >= 11 is 0. The van der Waals surface area contributed by atoms with Crippen molar-refractivity contribution in [3.63, 3.8) is 0 Å². The second kappa shape index (κ2) is 10.0. The number of terminal acetylenes is 1. The molecule has 16 heavy (non-hydrogen) atoms. The maximum absolute atomic E-state index is 5.11. The molecule has 0 aromatic rings. The van der Waals surface area contributed by atoms with Gasteiger partial charge in [-0.05, 0) is 70.8 Å². The van der Waals surface area contributed by atoms with E-state index in [1.54, 1.807) is 6.08 Å². The molecule has 2 fully saturated rings. The number of hydrogen-bond acceptors (Lipinski definition) is 0. The third-order valence-electron chi connectivity index (χ3n) is 1.97. The normalized spacial score (nSPS) is 20.6. The van der Waals surface area contributed by atoms with E-state index in [-0.39, 0.29) is 17.1 Å². The third kappa shape index (κ3) is 6.41.